The molecular weight excluding hydrogens is 709 g/mol. The van der Waals surface area contributed by atoms with Crippen LogP contribution in [0.1, 0.15) is 58.9 Å². The summed E-state index contributed by atoms with van der Waals surface area (Å²) in [5.74, 6) is -5.71. The van der Waals surface area contributed by atoms with Gasteiger partial charge in [0.2, 0.25) is 35.4 Å². The van der Waals surface area contributed by atoms with Gasteiger partial charge in [-0.2, -0.15) is 12.6 Å². The Labute approximate surface area is 315 Å². The standard InChI is InChI=1S/C34H56N10O8S/c1-19(2)13-23(41-28(46)17-39-27(45)16-40-29(47)22(35)11-8-12-38-34(36)37)30(48)44-26(18-53)32(50)42-24(14-20(3)4)31(49)43-25(33(51)52)15-21-9-6-5-7-10-21/h5-7,9-10,19-20,22-26,53H,8,11-18,35H2,1-4H3,(H,39,45)(H,40,47)(H,41,46)(H,42,50)(H,43,49)(H,44,48)(H,51,52)(H4,36,37,38)/t22-,23-,24-,25-,26-/m0/s1. The number of rotatable bonds is 24. The van der Waals surface area contributed by atoms with Crippen LogP contribution in [0.5, 0.6) is 0 Å². The molecule has 0 aromatic heterocycles. The Morgan fingerprint density at radius 1 is 0.717 bits per heavy atom. The number of carboxylic acids is 1. The maximum absolute atomic E-state index is 13.3. The van der Waals surface area contributed by atoms with Crippen LogP contribution < -0.4 is 49.1 Å². The van der Waals surface area contributed by atoms with E-state index in [9.17, 15) is 38.7 Å². The number of carbonyl (C=O) groups is 7. The number of guanidine groups is 1. The van der Waals surface area contributed by atoms with E-state index in [1.165, 1.54) is 0 Å². The van der Waals surface area contributed by atoms with Crippen LogP contribution in [0.25, 0.3) is 0 Å². The maximum atomic E-state index is 13.3. The first-order valence-electron chi connectivity index (χ1n) is 17.4. The Morgan fingerprint density at radius 2 is 1.23 bits per heavy atom. The van der Waals surface area contributed by atoms with Gasteiger partial charge in [0.15, 0.2) is 5.96 Å². The smallest absolute Gasteiger partial charge is 0.326 e. The number of aliphatic carboxylic acids is 1. The van der Waals surface area contributed by atoms with Crippen molar-refractivity contribution < 1.29 is 38.7 Å². The van der Waals surface area contributed by atoms with Crippen molar-refractivity contribution in [3.8, 4) is 0 Å². The van der Waals surface area contributed by atoms with Crippen LogP contribution in [0.2, 0.25) is 0 Å². The van der Waals surface area contributed by atoms with Crippen LogP contribution >= 0.6 is 12.6 Å². The summed E-state index contributed by atoms with van der Waals surface area (Å²) in [7, 11) is 0. The van der Waals surface area contributed by atoms with Crippen LogP contribution in [-0.4, -0.2) is 108 Å². The first kappa shape index (κ1) is 46.1. The Bertz CT molecular complexity index is 1410. The molecule has 0 unspecified atom stereocenters. The monoisotopic (exact) mass is 764 g/mol. The number of nitrogens with two attached hydrogens (primary N) is 3. The zero-order chi connectivity index (χ0) is 40.1. The minimum atomic E-state index is -1.25. The minimum absolute atomic E-state index is 0.0289. The molecule has 13 N–H and O–H groups in total. The van der Waals surface area contributed by atoms with Gasteiger partial charge in [-0.15, -0.1) is 0 Å². The fraction of sp³-hybridized carbons (Fsp3) is 0.588. The van der Waals surface area contributed by atoms with E-state index in [2.05, 4.69) is 49.5 Å². The van der Waals surface area contributed by atoms with E-state index in [4.69, 9.17) is 17.2 Å². The fourth-order valence-corrected chi connectivity index (χ4v) is 5.16. The maximum Gasteiger partial charge on any atom is 0.326 e. The molecule has 6 amide bonds. The first-order chi connectivity index (χ1) is 24.9. The normalized spacial score (nSPS) is 13.7. The van der Waals surface area contributed by atoms with Crippen molar-refractivity contribution >= 4 is 60.0 Å². The lowest BCUT2D eigenvalue weighted by Gasteiger charge is -2.26. The average molecular weight is 765 g/mol. The number of benzene rings is 1. The highest BCUT2D eigenvalue weighted by Crippen LogP contribution is 2.10. The van der Waals surface area contributed by atoms with Gasteiger partial charge >= 0.3 is 5.97 Å². The third-order valence-electron chi connectivity index (χ3n) is 7.59. The molecule has 18 nitrogen and oxygen atoms in total. The number of nitrogens with zero attached hydrogens (tertiary/aromatic N) is 1. The van der Waals surface area contributed by atoms with Crippen LogP contribution in [0.15, 0.2) is 35.3 Å². The van der Waals surface area contributed by atoms with Gasteiger partial charge in [-0.1, -0.05) is 58.0 Å². The van der Waals surface area contributed by atoms with Gasteiger partial charge in [-0.25, -0.2) is 4.79 Å². The molecule has 1 rings (SSSR count). The van der Waals surface area contributed by atoms with Crippen LogP contribution in [0.4, 0.5) is 0 Å². The molecule has 0 saturated heterocycles. The molecule has 0 heterocycles. The van der Waals surface area contributed by atoms with E-state index in [-0.39, 0.29) is 49.2 Å². The Morgan fingerprint density at radius 3 is 1.75 bits per heavy atom. The predicted molar refractivity (Wildman–Crippen MR) is 202 cm³/mol. The lowest BCUT2D eigenvalue weighted by molar-refractivity contribution is -0.142. The van der Waals surface area contributed by atoms with Crippen molar-refractivity contribution in [1.29, 1.82) is 0 Å². The molecule has 1 aromatic carbocycles. The quantitative estimate of drug-likeness (QED) is 0.0234. The number of nitrogens with one attached hydrogen (secondary N) is 6. The van der Waals surface area contributed by atoms with Crippen molar-refractivity contribution in [3.63, 3.8) is 0 Å². The van der Waals surface area contributed by atoms with Crippen LogP contribution in [0, 0.1) is 11.8 Å². The zero-order valence-corrected chi connectivity index (χ0v) is 31.6. The zero-order valence-electron chi connectivity index (χ0n) is 30.7. The van der Waals surface area contributed by atoms with Gasteiger partial charge < -0.3 is 54.2 Å². The molecule has 0 bridgehead atoms. The summed E-state index contributed by atoms with van der Waals surface area (Å²) in [6.07, 6.45) is 1.11. The molecule has 19 heteroatoms. The molecule has 1 aromatic rings. The molecular formula is C34H56N10O8S. The Hall–Kier alpha value is -4.91. The number of aliphatic imine (C=N–C) groups is 1. The summed E-state index contributed by atoms with van der Waals surface area (Å²) >= 11 is 4.21. The molecule has 296 valence electrons. The molecule has 53 heavy (non-hydrogen) atoms. The average Bonchev–Trinajstić information content (AvgIpc) is 3.09. The second-order valence-corrected chi connectivity index (χ2v) is 13.7. The Kier molecular flexibility index (Phi) is 21.2. The molecule has 0 spiro atoms. The number of thiol groups is 1. The SMILES string of the molecule is CC(C)C[C@H](NC(=O)CNC(=O)CNC(=O)[C@@H](N)CCCN=C(N)N)C(=O)N[C@@H](CS)C(=O)N[C@@H](CC(C)C)C(=O)N[C@@H](Cc1ccccc1)C(=O)O. The van der Waals surface area contributed by atoms with Crippen molar-refractivity contribution in [1.82, 2.24) is 31.9 Å². The highest BCUT2D eigenvalue weighted by Gasteiger charge is 2.31. The van der Waals surface area contributed by atoms with Gasteiger partial charge in [0.05, 0.1) is 19.1 Å². The second kappa shape index (κ2) is 24.4. The van der Waals surface area contributed by atoms with Gasteiger partial charge in [0.1, 0.15) is 24.2 Å². The van der Waals surface area contributed by atoms with E-state index >= 15 is 0 Å². The molecule has 5 atom stereocenters. The lowest BCUT2D eigenvalue weighted by Crippen LogP contribution is -2.59. The number of carbonyl (C=O) groups excluding carboxylic acids is 6. The fourth-order valence-electron chi connectivity index (χ4n) is 4.90. The van der Waals surface area contributed by atoms with E-state index < -0.39 is 84.7 Å². The highest BCUT2D eigenvalue weighted by molar-refractivity contribution is 7.80. The van der Waals surface area contributed by atoms with Gasteiger partial charge in [-0.3, -0.25) is 33.8 Å². The van der Waals surface area contributed by atoms with Crippen molar-refractivity contribution in [2.45, 2.75) is 90.0 Å². The van der Waals surface area contributed by atoms with Crippen molar-refractivity contribution in [2.75, 3.05) is 25.4 Å². The van der Waals surface area contributed by atoms with E-state index in [0.717, 1.165) is 0 Å². The lowest BCUT2D eigenvalue weighted by atomic mass is 10.0. The van der Waals surface area contributed by atoms with Crippen molar-refractivity contribution in [3.05, 3.63) is 35.9 Å². The number of amides is 6. The number of hydrogen-bond donors (Lipinski definition) is 11. The third-order valence-corrected chi connectivity index (χ3v) is 7.95. The molecule has 0 radical (unpaired) electrons. The van der Waals surface area contributed by atoms with E-state index in [0.29, 0.717) is 18.5 Å². The molecule has 0 aliphatic carbocycles. The third kappa shape index (κ3) is 19.5. The molecule has 0 aliphatic rings. The summed E-state index contributed by atoms with van der Waals surface area (Å²) in [5.41, 5.74) is 17.0. The van der Waals surface area contributed by atoms with Crippen molar-refractivity contribution in [2.24, 2.45) is 34.0 Å². The van der Waals surface area contributed by atoms with Crippen LogP contribution in [0.3, 0.4) is 0 Å². The first-order valence-corrected chi connectivity index (χ1v) is 18.0. The summed E-state index contributed by atoms with van der Waals surface area (Å²) in [6.45, 7) is 6.65. The summed E-state index contributed by atoms with van der Waals surface area (Å²) in [5, 5.41) is 24.7. The molecule has 0 saturated carbocycles. The highest BCUT2D eigenvalue weighted by atomic mass is 32.1. The predicted octanol–water partition coefficient (Wildman–Crippen LogP) is -2.11. The van der Waals surface area contributed by atoms with E-state index in [1.54, 1.807) is 30.3 Å². The van der Waals surface area contributed by atoms with Gasteiger partial charge in [-0.05, 0) is 43.1 Å². The molecule has 0 fully saturated rings. The van der Waals surface area contributed by atoms with E-state index in [1.807, 2.05) is 27.7 Å². The minimum Gasteiger partial charge on any atom is -0.480 e. The number of hydrogen-bond acceptors (Lipinski definition) is 10. The second-order valence-electron chi connectivity index (χ2n) is 13.3. The van der Waals surface area contributed by atoms with Crippen LogP contribution in [-0.2, 0) is 40.0 Å². The topological polar surface area (TPSA) is 302 Å². The molecule has 0 aliphatic heterocycles. The summed E-state index contributed by atoms with van der Waals surface area (Å²) in [4.78, 5) is 92.9. The number of carboxylic acid groups (broad SMARTS) is 1. The largest absolute Gasteiger partial charge is 0.480 e. The summed E-state index contributed by atoms with van der Waals surface area (Å²) in [6, 6.07) is 3.18. The van der Waals surface area contributed by atoms with Gasteiger partial charge in [0, 0.05) is 18.7 Å². The summed E-state index contributed by atoms with van der Waals surface area (Å²) < 4.78 is 0. The Balaban J connectivity index is 2.81. The van der Waals surface area contributed by atoms with Gasteiger partial charge in [0.25, 0.3) is 0 Å².